The summed E-state index contributed by atoms with van der Waals surface area (Å²) in [6.45, 7) is 0. The summed E-state index contributed by atoms with van der Waals surface area (Å²) in [6, 6.07) is 9.01. The Morgan fingerprint density at radius 3 is 2.23 bits per heavy atom. The summed E-state index contributed by atoms with van der Waals surface area (Å²) in [5.41, 5.74) is 0.0504. The molecule has 1 aliphatic rings. The predicted octanol–water partition coefficient (Wildman–Crippen LogP) is 5.00. The van der Waals surface area contributed by atoms with Gasteiger partial charge in [-0.3, -0.25) is 4.79 Å². The minimum Gasteiger partial charge on any atom is -0.495 e. The van der Waals surface area contributed by atoms with Crippen LogP contribution in [0, 0.1) is 0 Å². The van der Waals surface area contributed by atoms with Crippen LogP contribution >= 0.6 is 33.7 Å². The second-order valence-corrected chi connectivity index (χ2v) is 9.32. The molecule has 0 radical (unpaired) electrons. The largest absolute Gasteiger partial charge is 0.495 e. The normalized spacial score (nSPS) is 16.1. The minimum absolute atomic E-state index is 0.0504. The van der Waals surface area contributed by atoms with Gasteiger partial charge in [0.05, 0.1) is 34.7 Å². The molecule has 0 saturated carbocycles. The van der Waals surface area contributed by atoms with Crippen molar-refractivity contribution >= 4 is 50.9 Å². The number of hydrogen-bond acceptors (Lipinski definition) is 4. The third-order valence-corrected chi connectivity index (χ3v) is 7.59. The summed E-state index contributed by atoms with van der Waals surface area (Å²) in [5.74, 6) is -0.476. The average Bonchev–Trinajstić information content (AvgIpc) is 3.20. The highest BCUT2D eigenvalue weighted by atomic mass is 35.5. The molecule has 2 aromatic carbocycles. The Labute approximate surface area is 192 Å². The van der Waals surface area contributed by atoms with Crippen molar-refractivity contribution < 1.29 is 24.2 Å². The van der Waals surface area contributed by atoms with Crippen LogP contribution in [0.25, 0.3) is 0 Å². The van der Waals surface area contributed by atoms with Gasteiger partial charge >= 0.3 is 5.97 Å². The third kappa shape index (κ3) is 5.06. The fraction of sp³-hybridized carbons (Fsp3) is 0.227. The summed E-state index contributed by atoms with van der Waals surface area (Å²) in [4.78, 5) is 26.4. The molecular formula is C22H21Cl2NO5S. The zero-order valence-corrected chi connectivity index (χ0v) is 19.2. The molecule has 31 heavy (non-hydrogen) atoms. The van der Waals surface area contributed by atoms with E-state index in [0.29, 0.717) is 17.9 Å². The quantitative estimate of drug-likeness (QED) is 0.518. The van der Waals surface area contributed by atoms with E-state index in [1.165, 1.54) is 12.1 Å². The molecule has 1 heterocycles. The number of nitrogens with one attached hydrogen (secondary N) is 1. The number of carboxylic acids is 1. The van der Waals surface area contributed by atoms with Gasteiger partial charge in [-0.05, 0) is 41.0 Å². The molecule has 164 valence electrons. The molecule has 0 spiro atoms. The second-order valence-electron chi connectivity index (χ2n) is 6.57. The van der Waals surface area contributed by atoms with Gasteiger partial charge < -0.3 is 19.9 Å². The molecule has 1 unspecified atom stereocenters. The van der Waals surface area contributed by atoms with Gasteiger partial charge in [0.15, 0.2) is 0 Å². The highest BCUT2D eigenvalue weighted by molar-refractivity contribution is 8.18. The number of amides is 1. The molecule has 2 N–H and O–H groups in total. The summed E-state index contributed by atoms with van der Waals surface area (Å²) >= 11 is 12.2. The van der Waals surface area contributed by atoms with E-state index in [-0.39, 0.29) is 22.0 Å². The van der Waals surface area contributed by atoms with Gasteiger partial charge in [0, 0.05) is 6.42 Å². The molecule has 6 nitrogen and oxygen atoms in total. The number of carbonyl (C=O) groups is 2. The van der Waals surface area contributed by atoms with Gasteiger partial charge in [0.25, 0.3) is 5.91 Å². The van der Waals surface area contributed by atoms with Crippen LogP contribution in [0.5, 0.6) is 11.5 Å². The third-order valence-electron chi connectivity index (χ3n) is 4.69. The summed E-state index contributed by atoms with van der Waals surface area (Å²) in [7, 11) is 2.62. The van der Waals surface area contributed by atoms with Gasteiger partial charge in [0.2, 0.25) is 0 Å². The smallest absolute Gasteiger partial charge is 0.326 e. The Morgan fingerprint density at radius 2 is 1.68 bits per heavy atom. The zero-order chi connectivity index (χ0) is 22.5. The molecule has 2 aromatic rings. The maximum atomic E-state index is 12.7. The van der Waals surface area contributed by atoms with Gasteiger partial charge in [-0.15, -0.1) is 10.5 Å². The first kappa shape index (κ1) is 23.2. The first-order chi connectivity index (χ1) is 14.9. The molecule has 0 bridgehead atoms. The number of aliphatic carboxylic acids is 1. The Hall–Kier alpha value is -2.48. The predicted molar refractivity (Wildman–Crippen MR) is 124 cm³/mol. The van der Waals surface area contributed by atoms with Crippen LogP contribution in [0.1, 0.15) is 23.2 Å². The van der Waals surface area contributed by atoms with Crippen LogP contribution in [0.15, 0.2) is 52.3 Å². The number of methoxy groups -OCH3 is 2. The number of benzene rings is 2. The lowest BCUT2D eigenvalue weighted by molar-refractivity contribution is -0.139. The van der Waals surface area contributed by atoms with Crippen molar-refractivity contribution in [1.29, 1.82) is 0 Å². The first-order valence-corrected chi connectivity index (χ1v) is 11.4. The lowest BCUT2D eigenvalue weighted by Gasteiger charge is -2.21. The van der Waals surface area contributed by atoms with Crippen LogP contribution < -0.4 is 14.8 Å². The Bertz CT molecular complexity index is 1040. The SMILES string of the molecule is COc1cccc(OC)c1S1=CCC=C1C[C@H](NC(=O)c1c(Cl)cccc1Cl)C(=O)O. The van der Waals surface area contributed by atoms with Crippen molar-refractivity contribution in [3.8, 4) is 11.5 Å². The lowest BCUT2D eigenvalue weighted by atomic mass is 10.1. The van der Waals surface area contributed by atoms with Crippen LogP contribution in [-0.4, -0.2) is 42.6 Å². The summed E-state index contributed by atoms with van der Waals surface area (Å²) in [6.07, 6.45) is 2.76. The number of carbonyl (C=O) groups excluding carboxylic acids is 1. The molecule has 3 rings (SSSR count). The summed E-state index contributed by atoms with van der Waals surface area (Å²) < 4.78 is 11.0. The van der Waals surface area contributed by atoms with E-state index in [2.05, 4.69) is 10.7 Å². The Morgan fingerprint density at radius 1 is 1.10 bits per heavy atom. The molecule has 2 atom stereocenters. The van der Waals surface area contributed by atoms with E-state index < -0.39 is 28.4 Å². The van der Waals surface area contributed by atoms with Crippen molar-refractivity contribution in [3.63, 3.8) is 0 Å². The molecule has 1 aliphatic heterocycles. The number of ether oxygens (including phenoxy) is 2. The van der Waals surface area contributed by atoms with Crippen molar-refractivity contribution in [3.05, 3.63) is 63.0 Å². The maximum Gasteiger partial charge on any atom is 0.326 e. The number of rotatable bonds is 8. The highest BCUT2D eigenvalue weighted by Gasteiger charge is 2.28. The van der Waals surface area contributed by atoms with E-state index in [1.54, 1.807) is 20.3 Å². The zero-order valence-electron chi connectivity index (χ0n) is 16.9. The summed E-state index contributed by atoms with van der Waals surface area (Å²) in [5, 5.41) is 14.7. The maximum absolute atomic E-state index is 12.7. The molecule has 1 amide bonds. The van der Waals surface area contributed by atoms with E-state index in [4.69, 9.17) is 32.7 Å². The number of carboxylic acid groups (broad SMARTS) is 1. The van der Waals surface area contributed by atoms with Crippen molar-refractivity contribution in [2.24, 2.45) is 0 Å². The average molecular weight is 482 g/mol. The second kappa shape index (κ2) is 10.2. The fourth-order valence-corrected chi connectivity index (χ4v) is 6.10. The van der Waals surface area contributed by atoms with E-state index >= 15 is 0 Å². The molecule has 9 heteroatoms. The minimum atomic E-state index is -1.16. The standard InChI is InChI=1S/C22H21Cl2NO5S/c1-29-17-9-4-10-18(30-2)20(17)31-11-5-6-13(31)12-16(22(27)28)25-21(26)19-14(23)7-3-8-15(19)24/h3-4,6-11,16H,5,12H2,1-2H3,(H,25,26)(H,27,28)/t16-,31?/m0/s1. The first-order valence-electron chi connectivity index (χ1n) is 9.31. The van der Waals surface area contributed by atoms with Gasteiger partial charge in [0.1, 0.15) is 17.5 Å². The van der Waals surface area contributed by atoms with Gasteiger partial charge in [-0.1, -0.05) is 41.4 Å². The highest BCUT2D eigenvalue weighted by Crippen LogP contribution is 2.49. The number of halogens is 2. The number of hydrogen-bond donors (Lipinski definition) is 2. The fourth-order valence-electron chi connectivity index (χ4n) is 3.24. The van der Waals surface area contributed by atoms with E-state index in [1.807, 2.05) is 24.3 Å². The van der Waals surface area contributed by atoms with Crippen LogP contribution in [0.4, 0.5) is 0 Å². The van der Waals surface area contributed by atoms with Crippen molar-refractivity contribution in [2.45, 2.75) is 23.8 Å². The van der Waals surface area contributed by atoms with Gasteiger partial charge in [-0.2, -0.15) is 0 Å². The molecular weight excluding hydrogens is 461 g/mol. The lowest BCUT2D eigenvalue weighted by Crippen LogP contribution is -2.41. The van der Waals surface area contributed by atoms with Crippen molar-refractivity contribution in [1.82, 2.24) is 5.32 Å². The van der Waals surface area contributed by atoms with Gasteiger partial charge in [-0.25, -0.2) is 4.79 Å². The van der Waals surface area contributed by atoms with E-state index in [0.717, 1.165) is 9.80 Å². The van der Waals surface area contributed by atoms with Crippen LogP contribution in [-0.2, 0) is 4.79 Å². The topological polar surface area (TPSA) is 84.9 Å². The number of allylic oxidation sites excluding steroid dienone is 1. The molecule has 0 saturated heterocycles. The molecule has 0 aromatic heterocycles. The Kier molecular flexibility index (Phi) is 7.64. The molecule has 0 aliphatic carbocycles. The van der Waals surface area contributed by atoms with Crippen molar-refractivity contribution in [2.75, 3.05) is 14.2 Å². The monoisotopic (exact) mass is 481 g/mol. The molecule has 0 fully saturated rings. The van der Waals surface area contributed by atoms with Crippen LogP contribution in [0.3, 0.4) is 0 Å². The Balaban J connectivity index is 1.87. The van der Waals surface area contributed by atoms with Crippen LogP contribution in [0.2, 0.25) is 10.0 Å². The van der Waals surface area contributed by atoms with E-state index in [9.17, 15) is 14.7 Å².